The largest absolute Gasteiger partial charge is 0.493 e. The zero-order valence-corrected chi connectivity index (χ0v) is 12.9. The molecule has 0 aliphatic carbocycles. The molecule has 0 saturated heterocycles. The Balaban J connectivity index is 1.92. The first-order chi connectivity index (χ1) is 10.1. The van der Waals surface area contributed by atoms with E-state index in [0.717, 1.165) is 33.5 Å². The molecule has 1 aliphatic heterocycles. The smallest absolute Gasteiger partial charge is 0.244 e. The van der Waals surface area contributed by atoms with Crippen LogP contribution in [0.25, 0.3) is 0 Å². The zero-order chi connectivity index (χ0) is 14.8. The van der Waals surface area contributed by atoms with Crippen molar-refractivity contribution >= 4 is 27.5 Å². The van der Waals surface area contributed by atoms with E-state index in [9.17, 15) is 4.79 Å². The third kappa shape index (κ3) is 2.88. The molecule has 1 heterocycles. The highest BCUT2D eigenvalue weighted by Gasteiger charge is 2.21. The van der Waals surface area contributed by atoms with Crippen LogP contribution in [0.1, 0.15) is 17.2 Å². The molecule has 0 spiro atoms. The van der Waals surface area contributed by atoms with Crippen molar-refractivity contribution in [2.75, 3.05) is 11.9 Å². The molecule has 0 aromatic heterocycles. The lowest BCUT2D eigenvalue weighted by Crippen LogP contribution is -2.27. The number of anilines is 1. The Morgan fingerprint density at radius 2 is 2.10 bits per heavy atom. The van der Waals surface area contributed by atoms with Crippen LogP contribution < -0.4 is 15.8 Å². The number of para-hydroxylation sites is 1. The van der Waals surface area contributed by atoms with E-state index in [2.05, 4.69) is 21.2 Å². The molecule has 2 aromatic rings. The topological polar surface area (TPSA) is 64.4 Å². The van der Waals surface area contributed by atoms with Crippen molar-refractivity contribution in [3.05, 3.63) is 58.1 Å². The lowest BCUT2D eigenvalue weighted by molar-refractivity contribution is -0.118. The first kappa shape index (κ1) is 13.9. The Bertz CT molecular complexity index is 688. The molecule has 0 fully saturated rings. The van der Waals surface area contributed by atoms with Crippen molar-refractivity contribution in [2.24, 2.45) is 5.73 Å². The third-order valence-corrected chi connectivity index (χ3v) is 4.20. The number of hydrogen-bond donors (Lipinski definition) is 2. The summed E-state index contributed by atoms with van der Waals surface area (Å²) in [7, 11) is 0. The molecule has 0 radical (unpaired) electrons. The second kappa shape index (κ2) is 5.77. The number of benzene rings is 2. The zero-order valence-electron chi connectivity index (χ0n) is 11.3. The van der Waals surface area contributed by atoms with Gasteiger partial charge in [0.1, 0.15) is 11.8 Å². The number of carbonyl (C=O) groups is 1. The average Bonchev–Trinajstić information content (AvgIpc) is 2.93. The summed E-state index contributed by atoms with van der Waals surface area (Å²) >= 11 is 3.46. The summed E-state index contributed by atoms with van der Waals surface area (Å²) in [5, 5.41) is 3.19. The molecule has 2 aromatic carbocycles. The molecule has 3 rings (SSSR count). The maximum Gasteiger partial charge on any atom is 0.244 e. The fourth-order valence-corrected chi connectivity index (χ4v) is 2.84. The van der Waals surface area contributed by atoms with E-state index in [1.807, 2.05) is 42.5 Å². The van der Waals surface area contributed by atoms with Gasteiger partial charge in [0.05, 0.1) is 6.61 Å². The van der Waals surface area contributed by atoms with Crippen LogP contribution in [-0.2, 0) is 11.2 Å². The Morgan fingerprint density at radius 1 is 1.29 bits per heavy atom. The number of nitrogens with two attached hydrogens (primary N) is 1. The summed E-state index contributed by atoms with van der Waals surface area (Å²) in [4.78, 5) is 11.8. The van der Waals surface area contributed by atoms with Crippen molar-refractivity contribution in [1.29, 1.82) is 0 Å². The monoisotopic (exact) mass is 346 g/mol. The Morgan fingerprint density at radius 3 is 2.86 bits per heavy atom. The SMILES string of the molecule is NC(=O)C(Nc1ccccc1Br)c1ccc2c(c1)CCO2. The molecule has 1 amide bonds. The molecule has 1 atom stereocenters. The number of amides is 1. The van der Waals surface area contributed by atoms with E-state index in [1.54, 1.807) is 0 Å². The van der Waals surface area contributed by atoms with E-state index in [0.29, 0.717) is 6.61 Å². The van der Waals surface area contributed by atoms with E-state index >= 15 is 0 Å². The fraction of sp³-hybridized carbons (Fsp3) is 0.188. The molecule has 3 N–H and O–H groups in total. The summed E-state index contributed by atoms with van der Waals surface area (Å²) in [6.07, 6.45) is 0.865. The van der Waals surface area contributed by atoms with Gasteiger partial charge >= 0.3 is 0 Å². The van der Waals surface area contributed by atoms with Crippen molar-refractivity contribution in [1.82, 2.24) is 0 Å². The summed E-state index contributed by atoms with van der Waals surface area (Å²) in [5.74, 6) is 0.479. The minimum atomic E-state index is -0.574. The molecular formula is C16H15BrN2O2. The van der Waals surface area contributed by atoms with Crippen LogP contribution in [0.2, 0.25) is 0 Å². The molecule has 1 unspecified atom stereocenters. The predicted octanol–water partition coefficient (Wildman–Crippen LogP) is 3.02. The average molecular weight is 347 g/mol. The summed E-state index contributed by atoms with van der Waals surface area (Å²) in [5.41, 5.74) is 8.36. The molecule has 21 heavy (non-hydrogen) atoms. The minimum absolute atomic E-state index is 0.412. The number of fused-ring (bicyclic) bond motifs is 1. The van der Waals surface area contributed by atoms with Crippen LogP contribution >= 0.6 is 15.9 Å². The number of hydrogen-bond acceptors (Lipinski definition) is 3. The molecule has 0 saturated carbocycles. The van der Waals surface area contributed by atoms with E-state index in [4.69, 9.17) is 10.5 Å². The number of rotatable bonds is 4. The quantitative estimate of drug-likeness (QED) is 0.894. The van der Waals surface area contributed by atoms with E-state index < -0.39 is 11.9 Å². The Kier molecular flexibility index (Phi) is 3.84. The lowest BCUT2D eigenvalue weighted by atomic mass is 10.0. The number of nitrogens with one attached hydrogen (secondary N) is 1. The van der Waals surface area contributed by atoms with Crippen molar-refractivity contribution in [3.63, 3.8) is 0 Å². The minimum Gasteiger partial charge on any atom is -0.493 e. The van der Waals surface area contributed by atoms with Crippen LogP contribution in [0, 0.1) is 0 Å². The summed E-state index contributed by atoms with van der Waals surface area (Å²) in [6.45, 7) is 0.692. The number of carbonyl (C=O) groups excluding carboxylic acids is 1. The van der Waals surface area contributed by atoms with E-state index in [1.165, 1.54) is 0 Å². The molecule has 0 bridgehead atoms. The van der Waals surface area contributed by atoms with Crippen molar-refractivity contribution < 1.29 is 9.53 Å². The van der Waals surface area contributed by atoms with Crippen LogP contribution in [0.4, 0.5) is 5.69 Å². The first-order valence-electron chi connectivity index (χ1n) is 6.71. The Hall–Kier alpha value is -2.01. The second-order valence-electron chi connectivity index (χ2n) is 4.93. The van der Waals surface area contributed by atoms with Gasteiger partial charge in [-0.05, 0) is 51.3 Å². The Labute approximate surface area is 131 Å². The predicted molar refractivity (Wildman–Crippen MR) is 85.3 cm³/mol. The normalized spacial score (nSPS) is 14.1. The number of primary amides is 1. The van der Waals surface area contributed by atoms with Gasteiger partial charge in [0.2, 0.25) is 5.91 Å². The maximum absolute atomic E-state index is 11.8. The number of ether oxygens (including phenoxy) is 1. The van der Waals surface area contributed by atoms with Gasteiger partial charge in [-0.1, -0.05) is 18.2 Å². The van der Waals surface area contributed by atoms with Gasteiger partial charge in [0.15, 0.2) is 0 Å². The summed E-state index contributed by atoms with van der Waals surface area (Å²) < 4.78 is 6.38. The molecule has 1 aliphatic rings. The van der Waals surface area contributed by atoms with Gasteiger partial charge in [0.25, 0.3) is 0 Å². The fourth-order valence-electron chi connectivity index (χ4n) is 2.44. The molecular weight excluding hydrogens is 332 g/mol. The van der Waals surface area contributed by atoms with Crippen LogP contribution in [0.5, 0.6) is 5.75 Å². The lowest BCUT2D eigenvalue weighted by Gasteiger charge is -2.18. The molecule has 5 heteroatoms. The van der Waals surface area contributed by atoms with Crippen molar-refractivity contribution in [2.45, 2.75) is 12.5 Å². The van der Waals surface area contributed by atoms with Crippen LogP contribution in [0.3, 0.4) is 0 Å². The highest BCUT2D eigenvalue weighted by Crippen LogP contribution is 2.31. The van der Waals surface area contributed by atoms with Crippen molar-refractivity contribution in [3.8, 4) is 5.75 Å². The van der Waals surface area contributed by atoms with Gasteiger partial charge < -0.3 is 15.8 Å². The molecule has 4 nitrogen and oxygen atoms in total. The molecule has 108 valence electrons. The third-order valence-electron chi connectivity index (χ3n) is 3.51. The highest BCUT2D eigenvalue weighted by atomic mass is 79.9. The van der Waals surface area contributed by atoms with Gasteiger partial charge in [-0.2, -0.15) is 0 Å². The van der Waals surface area contributed by atoms with E-state index in [-0.39, 0.29) is 0 Å². The van der Waals surface area contributed by atoms with Gasteiger partial charge in [0, 0.05) is 16.6 Å². The first-order valence-corrected chi connectivity index (χ1v) is 7.50. The van der Waals surface area contributed by atoms with Gasteiger partial charge in [-0.3, -0.25) is 4.79 Å². The number of halogens is 1. The second-order valence-corrected chi connectivity index (χ2v) is 5.78. The maximum atomic E-state index is 11.8. The van der Waals surface area contributed by atoms with Gasteiger partial charge in [-0.25, -0.2) is 0 Å². The highest BCUT2D eigenvalue weighted by molar-refractivity contribution is 9.10. The van der Waals surface area contributed by atoms with Crippen LogP contribution in [0.15, 0.2) is 46.9 Å². The summed E-state index contributed by atoms with van der Waals surface area (Å²) in [6, 6.07) is 12.8. The van der Waals surface area contributed by atoms with Gasteiger partial charge in [-0.15, -0.1) is 0 Å². The van der Waals surface area contributed by atoms with Crippen LogP contribution in [-0.4, -0.2) is 12.5 Å². The standard InChI is InChI=1S/C16H15BrN2O2/c17-12-3-1-2-4-13(12)19-15(16(18)20)11-5-6-14-10(9-11)7-8-21-14/h1-6,9,15,19H,7-8H2,(H2,18,20).